The fourth-order valence-electron chi connectivity index (χ4n) is 3.00. The van der Waals surface area contributed by atoms with Crippen molar-refractivity contribution in [1.82, 2.24) is 0 Å². The Labute approximate surface area is 124 Å². The smallest absolute Gasteiger partial charge is 0.250 e. The summed E-state index contributed by atoms with van der Waals surface area (Å²) >= 11 is 0. The molecule has 2 aromatic rings. The molecule has 0 aromatic heterocycles. The zero-order valence-electron chi connectivity index (χ0n) is 11.8. The van der Waals surface area contributed by atoms with E-state index >= 15 is 0 Å². The number of hydrogen-bond donors (Lipinski definition) is 3. The van der Waals surface area contributed by atoms with Crippen LogP contribution in [0.4, 0.5) is 11.4 Å². The molecule has 0 fully saturated rings. The van der Waals surface area contributed by atoms with Gasteiger partial charge in [-0.3, -0.25) is 4.79 Å². The molecular weight excluding hydrogens is 262 g/mol. The van der Waals surface area contributed by atoms with Gasteiger partial charge in [0.05, 0.1) is 11.6 Å². The fourth-order valence-corrected chi connectivity index (χ4v) is 3.00. The number of nitrogens with one attached hydrogen (secondary N) is 1. The average molecular weight is 281 g/mol. The fraction of sp³-hybridized carbons (Fsp3) is 0.235. The highest BCUT2D eigenvalue weighted by atomic mass is 16.1. The Morgan fingerprint density at radius 1 is 1.19 bits per heavy atom. The minimum Gasteiger partial charge on any atom is -0.399 e. The molecule has 0 aliphatic heterocycles. The van der Waals surface area contributed by atoms with Gasteiger partial charge in [0.1, 0.15) is 0 Å². The van der Waals surface area contributed by atoms with Crippen molar-refractivity contribution in [2.45, 2.75) is 25.3 Å². The molecule has 21 heavy (non-hydrogen) atoms. The Bertz CT molecular complexity index is 681. The molecule has 4 nitrogen and oxygen atoms in total. The lowest BCUT2D eigenvalue weighted by Crippen LogP contribution is -2.20. The molecule has 108 valence electrons. The SMILES string of the molecule is NC(=O)c1ccccc1NC1CCCc2cc(N)ccc21. The van der Waals surface area contributed by atoms with Crippen LogP contribution in [0, 0.1) is 0 Å². The molecule has 5 N–H and O–H groups in total. The largest absolute Gasteiger partial charge is 0.399 e. The zero-order valence-corrected chi connectivity index (χ0v) is 11.8. The maximum absolute atomic E-state index is 11.5. The molecule has 0 heterocycles. The number of primary amides is 1. The van der Waals surface area contributed by atoms with Crippen molar-refractivity contribution in [3.8, 4) is 0 Å². The second kappa shape index (κ2) is 5.48. The second-order valence-electron chi connectivity index (χ2n) is 5.46. The van der Waals surface area contributed by atoms with E-state index in [-0.39, 0.29) is 6.04 Å². The van der Waals surface area contributed by atoms with Crippen LogP contribution >= 0.6 is 0 Å². The van der Waals surface area contributed by atoms with Gasteiger partial charge >= 0.3 is 0 Å². The maximum atomic E-state index is 11.5. The standard InChI is InChI=1S/C17H19N3O/c18-12-8-9-13-11(10-12)4-3-7-15(13)20-16-6-2-1-5-14(16)17(19)21/h1-2,5-6,8-10,15,20H,3-4,7,18H2,(H2,19,21). The predicted molar refractivity (Wildman–Crippen MR) is 85.1 cm³/mol. The third kappa shape index (κ3) is 2.70. The van der Waals surface area contributed by atoms with Crippen LogP contribution in [0.3, 0.4) is 0 Å². The van der Waals surface area contributed by atoms with Crippen LogP contribution in [0.15, 0.2) is 42.5 Å². The van der Waals surface area contributed by atoms with Gasteiger partial charge < -0.3 is 16.8 Å². The molecule has 0 spiro atoms. The quantitative estimate of drug-likeness (QED) is 0.757. The molecule has 1 aliphatic carbocycles. The molecule has 0 bridgehead atoms. The molecule has 3 rings (SSSR count). The van der Waals surface area contributed by atoms with Crippen molar-refractivity contribution >= 4 is 17.3 Å². The van der Waals surface area contributed by atoms with Crippen LogP contribution in [0.1, 0.15) is 40.4 Å². The zero-order chi connectivity index (χ0) is 14.8. The summed E-state index contributed by atoms with van der Waals surface area (Å²) in [6.07, 6.45) is 3.19. The minimum atomic E-state index is -0.411. The van der Waals surface area contributed by atoms with Gasteiger partial charge in [0.25, 0.3) is 5.91 Å². The van der Waals surface area contributed by atoms with Crippen LogP contribution in [0.2, 0.25) is 0 Å². The number of carbonyl (C=O) groups excluding carboxylic acids is 1. The minimum absolute atomic E-state index is 0.190. The Kier molecular flexibility index (Phi) is 3.52. The first-order valence-corrected chi connectivity index (χ1v) is 7.19. The van der Waals surface area contributed by atoms with E-state index in [0.717, 1.165) is 30.6 Å². The number of para-hydroxylation sites is 1. The summed E-state index contributed by atoms with van der Waals surface area (Å²) in [6.45, 7) is 0. The highest BCUT2D eigenvalue weighted by molar-refractivity contribution is 5.98. The summed E-state index contributed by atoms with van der Waals surface area (Å²) in [5.74, 6) is -0.411. The lowest BCUT2D eigenvalue weighted by Gasteiger charge is -2.28. The number of amides is 1. The van der Waals surface area contributed by atoms with Crippen molar-refractivity contribution in [1.29, 1.82) is 0 Å². The lowest BCUT2D eigenvalue weighted by molar-refractivity contribution is 0.100. The van der Waals surface area contributed by atoms with E-state index in [2.05, 4.69) is 11.4 Å². The van der Waals surface area contributed by atoms with Crippen LogP contribution in [-0.2, 0) is 6.42 Å². The number of hydrogen-bond acceptors (Lipinski definition) is 3. The third-order valence-corrected chi connectivity index (χ3v) is 4.00. The van der Waals surface area contributed by atoms with Crippen LogP contribution < -0.4 is 16.8 Å². The first-order valence-electron chi connectivity index (χ1n) is 7.19. The van der Waals surface area contributed by atoms with Gasteiger partial charge in [0, 0.05) is 11.4 Å². The van der Waals surface area contributed by atoms with Crippen molar-refractivity contribution < 1.29 is 4.79 Å². The lowest BCUT2D eigenvalue weighted by atomic mass is 9.87. The summed E-state index contributed by atoms with van der Waals surface area (Å²) in [4.78, 5) is 11.5. The van der Waals surface area contributed by atoms with E-state index in [4.69, 9.17) is 11.5 Å². The second-order valence-corrected chi connectivity index (χ2v) is 5.46. The Balaban J connectivity index is 1.92. The number of anilines is 2. The number of benzene rings is 2. The Morgan fingerprint density at radius 2 is 2.00 bits per heavy atom. The normalized spacial score (nSPS) is 17.0. The first-order chi connectivity index (χ1) is 10.1. The highest BCUT2D eigenvalue weighted by Gasteiger charge is 2.21. The molecule has 0 radical (unpaired) electrons. The molecule has 2 aromatic carbocycles. The van der Waals surface area contributed by atoms with Crippen LogP contribution in [0.25, 0.3) is 0 Å². The number of nitrogens with two attached hydrogens (primary N) is 2. The van der Waals surface area contributed by atoms with Crippen LogP contribution in [0.5, 0.6) is 0 Å². The van der Waals surface area contributed by atoms with Gasteiger partial charge in [-0.1, -0.05) is 18.2 Å². The van der Waals surface area contributed by atoms with E-state index in [1.165, 1.54) is 11.1 Å². The first kappa shape index (κ1) is 13.5. The number of aryl methyl sites for hydroxylation is 1. The van der Waals surface area contributed by atoms with Gasteiger partial charge in [0.15, 0.2) is 0 Å². The van der Waals surface area contributed by atoms with Crippen molar-refractivity contribution in [3.63, 3.8) is 0 Å². The monoisotopic (exact) mass is 281 g/mol. The van der Waals surface area contributed by atoms with Gasteiger partial charge in [-0.25, -0.2) is 0 Å². The topological polar surface area (TPSA) is 81.1 Å². The van der Waals surface area contributed by atoms with Crippen molar-refractivity contribution in [2.24, 2.45) is 5.73 Å². The number of fused-ring (bicyclic) bond motifs is 1. The molecule has 1 aliphatic rings. The van der Waals surface area contributed by atoms with Crippen molar-refractivity contribution in [2.75, 3.05) is 11.1 Å². The predicted octanol–water partition coefficient (Wildman–Crippen LogP) is 2.86. The van der Waals surface area contributed by atoms with Gasteiger partial charge in [-0.2, -0.15) is 0 Å². The molecule has 4 heteroatoms. The molecule has 1 amide bonds. The van der Waals surface area contributed by atoms with E-state index in [1.807, 2.05) is 30.3 Å². The molecule has 0 saturated carbocycles. The molecular formula is C17H19N3O. The summed E-state index contributed by atoms with van der Waals surface area (Å²) in [6, 6.07) is 13.6. The van der Waals surface area contributed by atoms with Crippen molar-refractivity contribution in [3.05, 3.63) is 59.2 Å². The molecule has 0 saturated heterocycles. The van der Waals surface area contributed by atoms with Gasteiger partial charge in [0.2, 0.25) is 0 Å². The van der Waals surface area contributed by atoms with E-state index in [0.29, 0.717) is 5.56 Å². The highest BCUT2D eigenvalue weighted by Crippen LogP contribution is 2.34. The van der Waals surface area contributed by atoms with Crippen LogP contribution in [-0.4, -0.2) is 5.91 Å². The van der Waals surface area contributed by atoms with E-state index in [1.54, 1.807) is 6.07 Å². The van der Waals surface area contributed by atoms with E-state index in [9.17, 15) is 4.79 Å². The summed E-state index contributed by atoms with van der Waals surface area (Å²) in [7, 11) is 0. The number of rotatable bonds is 3. The summed E-state index contributed by atoms with van der Waals surface area (Å²) in [5, 5.41) is 3.46. The maximum Gasteiger partial charge on any atom is 0.250 e. The number of nitrogen functional groups attached to an aromatic ring is 1. The molecule has 1 unspecified atom stereocenters. The third-order valence-electron chi connectivity index (χ3n) is 4.00. The van der Waals surface area contributed by atoms with E-state index < -0.39 is 5.91 Å². The molecule has 1 atom stereocenters. The average Bonchev–Trinajstić information content (AvgIpc) is 2.47. The summed E-state index contributed by atoms with van der Waals surface area (Å²) < 4.78 is 0. The Hall–Kier alpha value is -2.49. The van der Waals surface area contributed by atoms with Gasteiger partial charge in [-0.15, -0.1) is 0 Å². The Morgan fingerprint density at radius 3 is 2.81 bits per heavy atom. The number of carbonyl (C=O) groups is 1. The summed E-state index contributed by atoms with van der Waals surface area (Å²) in [5.41, 5.74) is 16.0. The van der Waals surface area contributed by atoms with Gasteiger partial charge in [-0.05, 0) is 54.7 Å².